The molecule has 0 fully saturated rings. The fourth-order valence-corrected chi connectivity index (χ4v) is 2.67. The van der Waals surface area contributed by atoms with Gasteiger partial charge >= 0.3 is 0 Å². The average Bonchev–Trinajstić information content (AvgIpc) is 2.41. The quantitative estimate of drug-likeness (QED) is 0.220. The summed E-state index contributed by atoms with van der Waals surface area (Å²) < 4.78 is 1.17. The lowest BCUT2D eigenvalue weighted by Crippen LogP contribution is -2.44. The molecule has 0 aliphatic rings. The van der Waals surface area contributed by atoms with Gasteiger partial charge in [0.05, 0.1) is 26.7 Å². The maximum Gasteiger partial charge on any atom is 0.0968 e. The zero-order valence-corrected chi connectivity index (χ0v) is 13.9. The fourth-order valence-electron chi connectivity index (χ4n) is 2.67. The summed E-state index contributed by atoms with van der Waals surface area (Å²) in [5.74, 6) is 0. The minimum Gasteiger partial charge on any atom is -0.323 e. The molecule has 1 heteroatoms. The molecule has 0 bridgehead atoms. The van der Waals surface area contributed by atoms with Gasteiger partial charge in [-0.25, -0.2) is 0 Å². The van der Waals surface area contributed by atoms with Gasteiger partial charge in [0.25, 0.3) is 0 Å². The van der Waals surface area contributed by atoms with E-state index in [2.05, 4.69) is 33.6 Å². The van der Waals surface area contributed by atoms with Gasteiger partial charge in [0, 0.05) is 0 Å². The largest absolute Gasteiger partial charge is 0.323 e. The van der Waals surface area contributed by atoms with E-state index in [4.69, 9.17) is 0 Å². The smallest absolute Gasteiger partial charge is 0.0968 e. The lowest BCUT2D eigenvalue weighted by atomic mass is 10.1. The molecular formula is C18H38N+. The second-order valence-electron chi connectivity index (χ2n) is 6.31. The monoisotopic (exact) mass is 268 g/mol. The molecule has 0 radical (unpaired) electrons. The number of hydrogen-bond acceptors (Lipinski definition) is 0. The van der Waals surface area contributed by atoms with Gasteiger partial charge in [-0.15, -0.1) is 0 Å². The first-order valence-corrected chi connectivity index (χ1v) is 8.63. The van der Waals surface area contributed by atoms with Crippen LogP contribution in [0.4, 0.5) is 0 Å². The topological polar surface area (TPSA) is 0 Å². The van der Waals surface area contributed by atoms with Gasteiger partial charge in [0.15, 0.2) is 0 Å². The van der Waals surface area contributed by atoms with Crippen LogP contribution >= 0.6 is 0 Å². The molecule has 1 unspecified atom stereocenters. The molecule has 0 aromatic carbocycles. The molecular weight excluding hydrogens is 230 g/mol. The Bertz CT molecular complexity index is 200. The number of quaternary nitrogens is 1. The number of likely N-dealkylation sites (N-methyl/N-ethyl adjacent to an activating group) is 1. The SMILES string of the molecule is C=CC[N+](C)(CC)CCCCCCCCCCCC. The summed E-state index contributed by atoms with van der Waals surface area (Å²) in [5, 5.41) is 0. The Morgan fingerprint density at radius 2 is 1.26 bits per heavy atom. The highest BCUT2D eigenvalue weighted by Gasteiger charge is 2.15. The molecule has 0 aromatic rings. The Balaban J connectivity index is 3.32. The Kier molecular flexibility index (Phi) is 12.5. The van der Waals surface area contributed by atoms with Crippen LogP contribution in [-0.2, 0) is 0 Å². The lowest BCUT2D eigenvalue weighted by molar-refractivity contribution is -0.902. The normalized spacial score (nSPS) is 14.3. The summed E-state index contributed by atoms with van der Waals surface area (Å²) in [7, 11) is 2.36. The van der Waals surface area contributed by atoms with E-state index < -0.39 is 0 Å². The molecule has 0 aromatic heterocycles. The Morgan fingerprint density at radius 1 is 0.789 bits per heavy atom. The van der Waals surface area contributed by atoms with Crippen LogP contribution in [0.15, 0.2) is 12.7 Å². The highest BCUT2D eigenvalue weighted by molar-refractivity contribution is 4.65. The molecule has 1 nitrogen and oxygen atoms in total. The summed E-state index contributed by atoms with van der Waals surface area (Å²) in [4.78, 5) is 0. The molecule has 1 atom stereocenters. The van der Waals surface area contributed by atoms with Crippen LogP contribution < -0.4 is 0 Å². The van der Waals surface area contributed by atoms with Crippen molar-refractivity contribution in [3.8, 4) is 0 Å². The highest BCUT2D eigenvalue weighted by Crippen LogP contribution is 2.12. The van der Waals surface area contributed by atoms with Crippen molar-refractivity contribution in [1.82, 2.24) is 0 Å². The molecule has 0 rings (SSSR count). The summed E-state index contributed by atoms with van der Waals surface area (Å²) in [6.07, 6.45) is 16.4. The van der Waals surface area contributed by atoms with Gasteiger partial charge < -0.3 is 4.48 Å². The van der Waals surface area contributed by atoms with Crippen LogP contribution in [0, 0.1) is 0 Å². The van der Waals surface area contributed by atoms with Crippen molar-refractivity contribution in [2.45, 2.75) is 78.1 Å². The summed E-state index contributed by atoms with van der Waals surface area (Å²) >= 11 is 0. The molecule has 0 spiro atoms. The molecule has 0 saturated heterocycles. The third-order valence-electron chi connectivity index (χ3n) is 4.38. The second-order valence-corrected chi connectivity index (χ2v) is 6.31. The van der Waals surface area contributed by atoms with Crippen LogP contribution in [0.3, 0.4) is 0 Å². The average molecular weight is 269 g/mol. The van der Waals surface area contributed by atoms with E-state index in [1.165, 1.54) is 81.8 Å². The Morgan fingerprint density at radius 3 is 1.68 bits per heavy atom. The molecule has 0 amide bonds. The number of hydrogen-bond donors (Lipinski definition) is 0. The van der Waals surface area contributed by atoms with Gasteiger partial charge in [-0.1, -0.05) is 64.9 Å². The second kappa shape index (κ2) is 12.7. The first kappa shape index (κ1) is 18.7. The minimum absolute atomic E-state index is 1.12. The van der Waals surface area contributed by atoms with Gasteiger partial charge in [-0.05, 0) is 25.8 Å². The molecule has 0 N–H and O–H groups in total. The van der Waals surface area contributed by atoms with Crippen molar-refractivity contribution in [3.05, 3.63) is 12.7 Å². The van der Waals surface area contributed by atoms with E-state index >= 15 is 0 Å². The van der Waals surface area contributed by atoms with E-state index in [1.807, 2.05) is 0 Å². The van der Waals surface area contributed by atoms with Crippen molar-refractivity contribution >= 4 is 0 Å². The van der Waals surface area contributed by atoms with Crippen LogP contribution in [0.2, 0.25) is 0 Å². The van der Waals surface area contributed by atoms with Gasteiger partial charge in [0.2, 0.25) is 0 Å². The maximum absolute atomic E-state index is 3.88. The standard InChI is InChI=1S/C18H38N/c1-5-8-9-10-11-12-13-14-15-16-18-19(4,7-3)17-6-2/h6H,2,5,7-18H2,1,3-4H3/q+1. The first-order chi connectivity index (χ1) is 9.18. The molecule has 0 saturated carbocycles. The van der Waals surface area contributed by atoms with E-state index in [0.717, 1.165) is 6.54 Å². The molecule has 19 heavy (non-hydrogen) atoms. The maximum atomic E-state index is 3.88. The Hall–Kier alpha value is -0.300. The van der Waals surface area contributed by atoms with E-state index in [-0.39, 0.29) is 0 Å². The van der Waals surface area contributed by atoms with Crippen LogP contribution in [0.25, 0.3) is 0 Å². The number of nitrogens with zero attached hydrogens (tertiary/aromatic N) is 1. The molecule has 114 valence electrons. The zero-order valence-electron chi connectivity index (χ0n) is 13.9. The number of rotatable bonds is 14. The fraction of sp³-hybridized carbons (Fsp3) is 0.889. The first-order valence-electron chi connectivity index (χ1n) is 8.63. The predicted molar refractivity (Wildman–Crippen MR) is 88.5 cm³/mol. The zero-order chi connectivity index (χ0) is 14.4. The van der Waals surface area contributed by atoms with Crippen molar-refractivity contribution in [2.75, 3.05) is 26.7 Å². The highest BCUT2D eigenvalue weighted by atomic mass is 15.3. The summed E-state index contributed by atoms with van der Waals surface area (Å²) in [5.41, 5.74) is 0. The Labute approximate surface area is 122 Å². The van der Waals surface area contributed by atoms with Crippen molar-refractivity contribution < 1.29 is 4.48 Å². The van der Waals surface area contributed by atoms with Crippen LogP contribution in [0.5, 0.6) is 0 Å². The molecule has 0 aliphatic heterocycles. The van der Waals surface area contributed by atoms with Crippen molar-refractivity contribution in [2.24, 2.45) is 0 Å². The third-order valence-corrected chi connectivity index (χ3v) is 4.38. The summed E-state index contributed by atoms with van der Waals surface area (Å²) in [6, 6.07) is 0. The van der Waals surface area contributed by atoms with Gasteiger partial charge in [-0.2, -0.15) is 0 Å². The van der Waals surface area contributed by atoms with E-state index in [9.17, 15) is 0 Å². The predicted octanol–water partition coefficient (Wildman–Crippen LogP) is 5.56. The number of unbranched alkanes of at least 4 members (excludes halogenated alkanes) is 9. The van der Waals surface area contributed by atoms with E-state index in [0.29, 0.717) is 0 Å². The van der Waals surface area contributed by atoms with Crippen LogP contribution in [-0.4, -0.2) is 31.2 Å². The van der Waals surface area contributed by atoms with Crippen molar-refractivity contribution in [1.29, 1.82) is 0 Å². The van der Waals surface area contributed by atoms with E-state index in [1.54, 1.807) is 0 Å². The molecule has 0 aliphatic carbocycles. The minimum atomic E-state index is 1.12. The lowest BCUT2D eigenvalue weighted by Gasteiger charge is -2.32. The van der Waals surface area contributed by atoms with Crippen LogP contribution in [0.1, 0.15) is 78.1 Å². The summed E-state index contributed by atoms with van der Waals surface area (Å²) in [6.45, 7) is 12.1. The third kappa shape index (κ3) is 11.2. The van der Waals surface area contributed by atoms with Crippen molar-refractivity contribution in [3.63, 3.8) is 0 Å². The van der Waals surface area contributed by atoms with Gasteiger partial charge in [0.1, 0.15) is 0 Å². The molecule has 0 heterocycles. The van der Waals surface area contributed by atoms with Gasteiger partial charge in [-0.3, -0.25) is 0 Å².